The molecule has 0 atom stereocenters. The van der Waals surface area contributed by atoms with E-state index in [2.05, 4.69) is 21.2 Å². The topological polar surface area (TPSA) is 71.7 Å². The Morgan fingerprint density at radius 1 is 1.47 bits per heavy atom. The number of aliphatic hydroxyl groups is 1. The van der Waals surface area contributed by atoms with Crippen LogP contribution in [0.1, 0.15) is 18.6 Å². The lowest BCUT2D eigenvalue weighted by Gasteiger charge is -2.31. The first-order chi connectivity index (χ1) is 9.07. The van der Waals surface area contributed by atoms with Gasteiger partial charge >= 0.3 is 0 Å². The van der Waals surface area contributed by atoms with Gasteiger partial charge in [-0.15, -0.1) is 0 Å². The fourth-order valence-corrected chi connectivity index (χ4v) is 2.13. The van der Waals surface area contributed by atoms with E-state index in [-0.39, 0.29) is 12.5 Å². The van der Waals surface area contributed by atoms with Crippen LogP contribution >= 0.6 is 15.9 Å². The Hall–Kier alpha value is -1.11. The van der Waals surface area contributed by atoms with E-state index in [1.54, 1.807) is 18.2 Å². The summed E-state index contributed by atoms with van der Waals surface area (Å²) in [6.07, 6.45) is 4.05. The van der Waals surface area contributed by atoms with Gasteiger partial charge in [0.2, 0.25) is 5.91 Å². The Bertz CT molecular complexity index is 463. The zero-order valence-corrected chi connectivity index (χ0v) is 12.0. The number of carbonyl (C=O) groups is 1. The van der Waals surface area contributed by atoms with Crippen molar-refractivity contribution in [1.82, 2.24) is 5.32 Å². The zero-order chi connectivity index (χ0) is 13.7. The van der Waals surface area contributed by atoms with Crippen molar-refractivity contribution < 1.29 is 19.1 Å². The molecule has 104 valence electrons. The molecule has 5 nitrogen and oxygen atoms in total. The van der Waals surface area contributed by atoms with Crippen LogP contribution in [0.4, 0.5) is 0 Å². The maximum atomic E-state index is 11.6. The summed E-state index contributed by atoms with van der Waals surface area (Å²) in [6.45, 7) is 1.30. The van der Waals surface area contributed by atoms with E-state index in [9.17, 15) is 9.90 Å². The molecule has 1 saturated heterocycles. The van der Waals surface area contributed by atoms with Crippen LogP contribution in [-0.4, -0.2) is 36.4 Å². The lowest BCUT2D eigenvalue weighted by atomic mass is 9.94. The van der Waals surface area contributed by atoms with Crippen LogP contribution in [-0.2, 0) is 9.53 Å². The van der Waals surface area contributed by atoms with Crippen molar-refractivity contribution in [3.05, 3.63) is 28.6 Å². The fourth-order valence-electron chi connectivity index (χ4n) is 1.81. The summed E-state index contributed by atoms with van der Waals surface area (Å²) >= 11 is 3.18. The monoisotopic (exact) mass is 329 g/mol. The van der Waals surface area contributed by atoms with Crippen molar-refractivity contribution in [2.24, 2.45) is 0 Å². The Morgan fingerprint density at radius 2 is 2.21 bits per heavy atom. The number of nitrogens with one attached hydrogen (secondary N) is 1. The Balaban J connectivity index is 1.79. The number of rotatable bonds is 4. The second-order valence-electron chi connectivity index (χ2n) is 4.53. The van der Waals surface area contributed by atoms with Crippen LogP contribution in [0.25, 0.3) is 6.08 Å². The van der Waals surface area contributed by atoms with Gasteiger partial charge in [0.25, 0.3) is 0 Å². The van der Waals surface area contributed by atoms with E-state index in [1.807, 2.05) is 0 Å². The van der Waals surface area contributed by atoms with Crippen molar-refractivity contribution in [2.75, 3.05) is 19.8 Å². The number of furan rings is 1. The fraction of sp³-hybridized carbons (Fsp3) is 0.462. The molecule has 0 unspecified atom stereocenters. The summed E-state index contributed by atoms with van der Waals surface area (Å²) in [6, 6.07) is 3.50. The van der Waals surface area contributed by atoms with Crippen molar-refractivity contribution in [1.29, 1.82) is 0 Å². The number of hydrogen-bond acceptors (Lipinski definition) is 4. The first-order valence-corrected chi connectivity index (χ1v) is 6.88. The highest BCUT2D eigenvalue weighted by atomic mass is 79.9. The predicted octanol–water partition coefficient (Wildman–Crippen LogP) is 1.71. The van der Waals surface area contributed by atoms with E-state index in [0.29, 0.717) is 36.5 Å². The lowest BCUT2D eigenvalue weighted by Crippen LogP contribution is -2.46. The van der Waals surface area contributed by atoms with Gasteiger partial charge in [-0.1, -0.05) is 0 Å². The molecule has 0 bridgehead atoms. The highest BCUT2D eigenvalue weighted by molar-refractivity contribution is 9.10. The van der Waals surface area contributed by atoms with Gasteiger partial charge in [0.1, 0.15) is 5.76 Å². The van der Waals surface area contributed by atoms with Crippen molar-refractivity contribution >= 4 is 27.9 Å². The maximum absolute atomic E-state index is 11.6. The van der Waals surface area contributed by atoms with Crippen LogP contribution in [0.2, 0.25) is 0 Å². The second kappa shape index (κ2) is 6.36. The van der Waals surface area contributed by atoms with E-state index in [1.165, 1.54) is 6.08 Å². The number of carbonyl (C=O) groups excluding carboxylic acids is 1. The number of halogens is 1. The molecule has 2 rings (SSSR count). The minimum atomic E-state index is -0.852. The van der Waals surface area contributed by atoms with E-state index in [0.717, 1.165) is 0 Å². The zero-order valence-electron chi connectivity index (χ0n) is 10.4. The predicted molar refractivity (Wildman–Crippen MR) is 73.5 cm³/mol. The average Bonchev–Trinajstić information content (AvgIpc) is 2.81. The van der Waals surface area contributed by atoms with E-state index in [4.69, 9.17) is 9.15 Å². The summed E-state index contributed by atoms with van der Waals surface area (Å²) in [7, 11) is 0. The molecular weight excluding hydrogens is 314 g/mol. The van der Waals surface area contributed by atoms with Gasteiger partial charge in [0.05, 0.1) is 5.60 Å². The summed E-state index contributed by atoms with van der Waals surface area (Å²) in [5.41, 5.74) is -0.852. The summed E-state index contributed by atoms with van der Waals surface area (Å²) in [5, 5.41) is 12.9. The van der Waals surface area contributed by atoms with Crippen molar-refractivity contribution in [3.8, 4) is 0 Å². The van der Waals surface area contributed by atoms with Crippen molar-refractivity contribution in [3.63, 3.8) is 0 Å². The normalized spacial score (nSPS) is 18.6. The Labute approximate surface area is 119 Å². The van der Waals surface area contributed by atoms with Gasteiger partial charge in [-0.25, -0.2) is 0 Å². The van der Waals surface area contributed by atoms with Crippen LogP contribution in [0, 0.1) is 0 Å². The molecule has 0 radical (unpaired) electrons. The van der Waals surface area contributed by atoms with Gasteiger partial charge in [-0.05, 0) is 34.1 Å². The smallest absolute Gasteiger partial charge is 0.244 e. The Morgan fingerprint density at radius 3 is 2.84 bits per heavy atom. The summed E-state index contributed by atoms with van der Waals surface area (Å²) < 4.78 is 11.0. The number of amides is 1. The molecule has 6 heteroatoms. The van der Waals surface area contributed by atoms with Gasteiger partial charge < -0.3 is 19.6 Å². The average molecular weight is 330 g/mol. The van der Waals surface area contributed by atoms with E-state index >= 15 is 0 Å². The molecule has 1 aliphatic heterocycles. The van der Waals surface area contributed by atoms with Gasteiger partial charge in [-0.3, -0.25) is 4.79 Å². The molecule has 0 spiro atoms. The molecule has 1 aromatic rings. The third kappa shape index (κ3) is 4.49. The molecule has 2 N–H and O–H groups in total. The van der Waals surface area contributed by atoms with Crippen LogP contribution in [0.3, 0.4) is 0 Å². The van der Waals surface area contributed by atoms with E-state index < -0.39 is 5.60 Å². The second-order valence-corrected chi connectivity index (χ2v) is 5.31. The molecular formula is C13H16BrNO4. The van der Waals surface area contributed by atoms with Crippen LogP contribution in [0.15, 0.2) is 27.3 Å². The van der Waals surface area contributed by atoms with Crippen molar-refractivity contribution in [2.45, 2.75) is 18.4 Å². The highest BCUT2D eigenvalue weighted by Gasteiger charge is 2.29. The molecule has 1 aliphatic rings. The maximum Gasteiger partial charge on any atom is 0.244 e. The molecule has 1 amide bonds. The number of ether oxygens (including phenoxy) is 1. The van der Waals surface area contributed by atoms with Crippen LogP contribution < -0.4 is 5.32 Å². The number of hydrogen-bond donors (Lipinski definition) is 2. The third-order valence-electron chi connectivity index (χ3n) is 3.01. The molecule has 0 saturated carbocycles. The molecule has 1 fully saturated rings. The van der Waals surface area contributed by atoms with Gasteiger partial charge in [0.15, 0.2) is 4.67 Å². The quantitative estimate of drug-likeness (QED) is 0.825. The summed E-state index contributed by atoms with van der Waals surface area (Å²) in [5.74, 6) is 0.333. The summed E-state index contributed by atoms with van der Waals surface area (Å²) in [4.78, 5) is 11.6. The first kappa shape index (κ1) is 14.3. The molecule has 2 heterocycles. The molecule has 19 heavy (non-hydrogen) atoms. The lowest BCUT2D eigenvalue weighted by molar-refractivity contribution is -0.119. The minimum Gasteiger partial charge on any atom is -0.450 e. The molecule has 1 aromatic heterocycles. The minimum absolute atomic E-state index is 0.237. The standard InChI is InChI=1S/C13H16BrNO4/c14-11-3-1-10(19-11)2-4-12(16)15-9-13(17)5-7-18-8-6-13/h1-4,17H,5-9H2,(H,15,16)/b4-2+. The van der Waals surface area contributed by atoms with Gasteiger partial charge in [0, 0.05) is 38.7 Å². The molecule has 0 aromatic carbocycles. The molecule has 0 aliphatic carbocycles. The SMILES string of the molecule is O=C(/C=C/c1ccc(Br)o1)NCC1(O)CCOCC1. The highest BCUT2D eigenvalue weighted by Crippen LogP contribution is 2.19. The Kier molecular flexibility index (Phi) is 4.79. The van der Waals surface area contributed by atoms with Gasteiger partial charge in [-0.2, -0.15) is 0 Å². The third-order valence-corrected chi connectivity index (χ3v) is 3.43. The first-order valence-electron chi connectivity index (χ1n) is 6.09. The largest absolute Gasteiger partial charge is 0.450 e. The van der Waals surface area contributed by atoms with Crippen LogP contribution in [0.5, 0.6) is 0 Å².